The summed E-state index contributed by atoms with van der Waals surface area (Å²) in [5, 5.41) is 9.50. The standard InChI is InChI=1S/C25H35N3O3/c1-18-7-6-8-23(26-18)28(17-25(2,3)4)24(30)21-10-9-20(31-5)15-22(21)27-13-11-19(16-29)12-14-27/h6-10,15,19,29H,11-14,16-17H2,1-5H3. The van der Waals surface area contributed by atoms with Crippen molar-refractivity contribution in [2.75, 3.05) is 43.2 Å². The first-order valence-corrected chi connectivity index (χ1v) is 11.0. The summed E-state index contributed by atoms with van der Waals surface area (Å²) in [4.78, 5) is 22.6. The normalized spacial score (nSPS) is 15.1. The fourth-order valence-electron chi connectivity index (χ4n) is 3.99. The van der Waals surface area contributed by atoms with E-state index in [1.807, 2.05) is 43.3 Å². The largest absolute Gasteiger partial charge is 0.497 e. The molecule has 0 aliphatic carbocycles. The Kier molecular flexibility index (Phi) is 7.21. The molecule has 0 spiro atoms. The van der Waals surface area contributed by atoms with Gasteiger partial charge in [0.15, 0.2) is 0 Å². The maximum atomic E-state index is 13.9. The van der Waals surface area contributed by atoms with Gasteiger partial charge >= 0.3 is 0 Å². The summed E-state index contributed by atoms with van der Waals surface area (Å²) in [5.74, 6) is 1.66. The lowest BCUT2D eigenvalue weighted by atomic mass is 9.95. The average molecular weight is 426 g/mol. The first-order valence-electron chi connectivity index (χ1n) is 11.0. The highest BCUT2D eigenvalue weighted by Crippen LogP contribution is 2.32. The highest BCUT2D eigenvalue weighted by Gasteiger charge is 2.29. The summed E-state index contributed by atoms with van der Waals surface area (Å²) in [6.45, 7) is 10.7. The highest BCUT2D eigenvalue weighted by atomic mass is 16.5. The quantitative estimate of drug-likeness (QED) is 0.747. The zero-order chi connectivity index (χ0) is 22.6. The molecule has 168 valence electrons. The number of amides is 1. The third-order valence-corrected chi connectivity index (χ3v) is 5.68. The van der Waals surface area contributed by atoms with Crippen LogP contribution in [-0.2, 0) is 0 Å². The number of pyridine rings is 1. The van der Waals surface area contributed by atoms with Crippen LogP contribution in [0.1, 0.15) is 49.7 Å². The summed E-state index contributed by atoms with van der Waals surface area (Å²) in [6, 6.07) is 11.4. The lowest BCUT2D eigenvalue weighted by Gasteiger charge is -2.35. The highest BCUT2D eigenvalue weighted by molar-refractivity contribution is 6.09. The van der Waals surface area contributed by atoms with E-state index in [4.69, 9.17) is 4.74 Å². The van der Waals surface area contributed by atoms with Crippen LogP contribution in [0, 0.1) is 18.3 Å². The summed E-state index contributed by atoms with van der Waals surface area (Å²) in [7, 11) is 1.64. The van der Waals surface area contributed by atoms with E-state index in [-0.39, 0.29) is 17.9 Å². The molecule has 2 aromatic rings. The van der Waals surface area contributed by atoms with Crippen molar-refractivity contribution in [3.8, 4) is 5.75 Å². The predicted octanol–water partition coefficient (Wildman–Crippen LogP) is 4.30. The minimum absolute atomic E-state index is 0.0602. The molecule has 1 N–H and O–H groups in total. The number of aliphatic hydroxyl groups is 1. The molecule has 0 unspecified atom stereocenters. The number of hydrogen-bond acceptors (Lipinski definition) is 5. The zero-order valence-corrected chi connectivity index (χ0v) is 19.4. The third kappa shape index (κ3) is 5.76. The van der Waals surface area contributed by atoms with Gasteiger partial charge in [-0.15, -0.1) is 0 Å². The lowest BCUT2D eigenvalue weighted by Crippen LogP contribution is -2.40. The number of aromatic nitrogens is 1. The predicted molar refractivity (Wildman–Crippen MR) is 125 cm³/mol. The van der Waals surface area contributed by atoms with E-state index in [1.54, 1.807) is 12.0 Å². The second kappa shape index (κ2) is 9.69. The van der Waals surface area contributed by atoms with Crippen molar-refractivity contribution in [2.24, 2.45) is 11.3 Å². The van der Waals surface area contributed by atoms with Crippen molar-refractivity contribution in [2.45, 2.75) is 40.5 Å². The Morgan fingerprint density at radius 3 is 2.52 bits per heavy atom. The van der Waals surface area contributed by atoms with Crippen molar-refractivity contribution in [3.05, 3.63) is 47.7 Å². The molecule has 0 radical (unpaired) electrons. The molecule has 0 bridgehead atoms. The fourth-order valence-corrected chi connectivity index (χ4v) is 3.99. The first kappa shape index (κ1) is 23.1. The minimum atomic E-state index is -0.0901. The van der Waals surface area contributed by atoms with Gasteiger partial charge in [-0.25, -0.2) is 4.98 Å². The maximum absolute atomic E-state index is 13.9. The SMILES string of the molecule is COc1ccc(C(=O)N(CC(C)(C)C)c2cccc(C)n2)c(N2CCC(CO)CC2)c1. The van der Waals surface area contributed by atoms with Gasteiger partial charge in [-0.3, -0.25) is 9.69 Å². The topological polar surface area (TPSA) is 65.9 Å². The number of nitrogens with zero attached hydrogens (tertiary/aromatic N) is 3. The second-order valence-corrected chi connectivity index (χ2v) is 9.59. The molecule has 1 aromatic carbocycles. The van der Waals surface area contributed by atoms with Crippen LogP contribution >= 0.6 is 0 Å². The van der Waals surface area contributed by atoms with Gasteiger partial charge in [0.2, 0.25) is 0 Å². The fraction of sp³-hybridized carbons (Fsp3) is 0.520. The van der Waals surface area contributed by atoms with E-state index in [0.717, 1.165) is 43.1 Å². The minimum Gasteiger partial charge on any atom is -0.497 e. The number of benzene rings is 1. The van der Waals surface area contributed by atoms with E-state index >= 15 is 0 Å². The van der Waals surface area contributed by atoms with Gasteiger partial charge in [-0.05, 0) is 55.4 Å². The van der Waals surface area contributed by atoms with Crippen LogP contribution < -0.4 is 14.5 Å². The van der Waals surface area contributed by atoms with Crippen molar-refractivity contribution < 1.29 is 14.6 Å². The number of ether oxygens (including phenoxy) is 1. The van der Waals surface area contributed by atoms with Gasteiger partial charge in [0.1, 0.15) is 11.6 Å². The molecule has 1 saturated heterocycles. The van der Waals surface area contributed by atoms with Gasteiger partial charge in [0.05, 0.1) is 18.4 Å². The number of carbonyl (C=O) groups excluding carboxylic acids is 1. The van der Waals surface area contributed by atoms with Gasteiger partial charge in [0.25, 0.3) is 5.91 Å². The number of piperidine rings is 1. The van der Waals surface area contributed by atoms with Crippen LogP contribution in [0.15, 0.2) is 36.4 Å². The van der Waals surface area contributed by atoms with E-state index in [0.29, 0.717) is 23.8 Å². The van der Waals surface area contributed by atoms with Crippen molar-refractivity contribution >= 4 is 17.4 Å². The molecule has 1 aromatic heterocycles. The van der Waals surface area contributed by atoms with Crippen LogP contribution in [0.5, 0.6) is 5.75 Å². The number of carbonyl (C=O) groups is 1. The van der Waals surface area contributed by atoms with Crippen LogP contribution in [0.4, 0.5) is 11.5 Å². The monoisotopic (exact) mass is 425 g/mol. The molecule has 31 heavy (non-hydrogen) atoms. The smallest absolute Gasteiger partial charge is 0.261 e. The Balaban J connectivity index is 2.01. The number of hydrogen-bond donors (Lipinski definition) is 1. The second-order valence-electron chi connectivity index (χ2n) is 9.59. The Morgan fingerprint density at radius 1 is 1.23 bits per heavy atom. The molecule has 1 aliphatic rings. The van der Waals surface area contributed by atoms with Crippen LogP contribution in [0.25, 0.3) is 0 Å². The zero-order valence-electron chi connectivity index (χ0n) is 19.4. The van der Waals surface area contributed by atoms with Crippen LogP contribution in [0.2, 0.25) is 0 Å². The molecule has 0 saturated carbocycles. The van der Waals surface area contributed by atoms with E-state index < -0.39 is 0 Å². The van der Waals surface area contributed by atoms with Crippen LogP contribution in [0.3, 0.4) is 0 Å². The van der Waals surface area contributed by atoms with Gasteiger partial charge in [-0.2, -0.15) is 0 Å². The molecule has 6 nitrogen and oxygen atoms in total. The lowest BCUT2D eigenvalue weighted by molar-refractivity contribution is 0.0977. The Hall–Kier alpha value is -2.60. The summed E-state index contributed by atoms with van der Waals surface area (Å²) >= 11 is 0. The number of anilines is 2. The van der Waals surface area contributed by atoms with Gasteiger partial charge in [-0.1, -0.05) is 26.8 Å². The first-order chi connectivity index (χ1) is 14.7. The Bertz CT molecular complexity index is 899. The van der Waals surface area contributed by atoms with E-state index in [1.165, 1.54) is 0 Å². The Morgan fingerprint density at radius 2 is 1.94 bits per heavy atom. The van der Waals surface area contributed by atoms with Crippen molar-refractivity contribution in [3.63, 3.8) is 0 Å². The van der Waals surface area contributed by atoms with Crippen LogP contribution in [-0.4, -0.2) is 49.3 Å². The number of aryl methyl sites for hydroxylation is 1. The molecule has 0 atom stereocenters. The number of methoxy groups -OCH3 is 1. The number of rotatable bonds is 6. The summed E-state index contributed by atoms with van der Waals surface area (Å²) in [6.07, 6.45) is 1.82. The third-order valence-electron chi connectivity index (χ3n) is 5.68. The molecule has 1 fully saturated rings. The van der Waals surface area contributed by atoms with E-state index in [9.17, 15) is 9.90 Å². The molecule has 2 heterocycles. The molecule has 6 heteroatoms. The molecule has 1 amide bonds. The number of aliphatic hydroxyl groups excluding tert-OH is 1. The van der Waals surface area contributed by atoms with E-state index in [2.05, 4.69) is 30.7 Å². The molecule has 3 rings (SSSR count). The maximum Gasteiger partial charge on any atom is 0.261 e. The molecular weight excluding hydrogens is 390 g/mol. The van der Waals surface area contributed by atoms with Gasteiger partial charge in [0, 0.05) is 38.0 Å². The van der Waals surface area contributed by atoms with Crippen molar-refractivity contribution in [1.82, 2.24) is 4.98 Å². The van der Waals surface area contributed by atoms with Crippen molar-refractivity contribution in [1.29, 1.82) is 0 Å². The Labute approximate surface area is 185 Å². The summed E-state index contributed by atoms with van der Waals surface area (Å²) < 4.78 is 5.46. The summed E-state index contributed by atoms with van der Waals surface area (Å²) in [5.41, 5.74) is 2.32. The molecule has 1 aliphatic heterocycles. The van der Waals surface area contributed by atoms with Gasteiger partial charge < -0.3 is 14.7 Å². The molecular formula is C25H35N3O3. The average Bonchev–Trinajstić information content (AvgIpc) is 2.76.